The zero-order chi connectivity index (χ0) is 29.1. The molecule has 1 unspecified atom stereocenters. The number of allylic oxidation sites excluding steroid dienone is 1. The Morgan fingerprint density at radius 2 is 1.78 bits per heavy atom. The minimum absolute atomic E-state index is 0.0307. The van der Waals surface area contributed by atoms with E-state index < -0.39 is 11.9 Å². The number of hydrogen-bond acceptors (Lipinski definition) is 7. The highest BCUT2D eigenvalue weighted by atomic mass is 35.5. The monoisotopic (exact) mass is 590 g/mol. The first kappa shape index (κ1) is 27.8. The molecule has 0 radical (unpaired) electrons. The van der Waals surface area contributed by atoms with Gasteiger partial charge in [0.05, 0.1) is 28.6 Å². The molecule has 0 saturated heterocycles. The number of nitrogens with zero attached hydrogens (tertiary/aromatic N) is 1. The first-order chi connectivity index (χ1) is 19.8. The summed E-state index contributed by atoms with van der Waals surface area (Å²) in [6.07, 6.45) is 0. The lowest BCUT2D eigenvalue weighted by Crippen LogP contribution is -2.21. The Hall–Kier alpha value is -4.71. The van der Waals surface area contributed by atoms with Crippen LogP contribution < -0.4 is 24.7 Å². The Morgan fingerprint density at radius 1 is 1.02 bits per heavy atom. The van der Waals surface area contributed by atoms with Crippen LogP contribution >= 0.6 is 23.2 Å². The molecule has 4 aromatic rings. The maximum Gasteiger partial charge on any atom is 0.343 e. The maximum absolute atomic E-state index is 14.0. The van der Waals surface area contributed by atoms with Gasteiger partial charge in [-0.2, -0.15) is 5.26 Å². The van der Waals surface area contributed by atoms with Gasteiger partial charge in [0, 0.05) is 17.2 Å². The van der Waals surface area contributed by atoms with Crippen LogP contribution in [0.2, 0.25) is 10.0 Å². The summed E-state index contributed by atoms with van der Waals surface area (Å²) < 4.78 is 36.3. The number of esters is 1. The highest BCUT2D eigenvalue weighted by Gasteiger charge is 2.31. The van der Waals surface area contributed by atoms with Crippen molar-refractivity contribution in [3.8, 4) is 29.1 Å². The SMILES string of the molecule is COc1c(Cl)cc(C(=O)Oc2ccc3c(c2)OC(N)=C(C#N)C3c2cccc(OCc3ccccc3F)c2)cc1Cl. The van der Waals surface area contributed by atoms with Crippen molar-refractivity contribution in [2.24, 2.45) is 5.73 Å². The van der Waals surface area contributed by atoms with E-state index in [-0.39, 0.29) is 51.0 Å². The lowest BCUT2D eigenvalue weighted by Gasteiger charge is -2.27. The van der Waals surface area contributed by atoms with Crippen molar-refractivity contribution in [1.29, 1.82) is 5.26 Å². The number of benzene rings is 4. The smallest absolute Gasteiger partial charge is 0.343 e. The molecule has 0 saturated carbocycles. The quantitative estimate of drug-likeness (QED) is 0.180. The zero-order valence-electron chi connectivity index (χ0n) is 21.5. The minimum atomic E-state index is -0.704. The summed E-state index contributed by atoms with van der Waals surface area (Å²) in [6.45, 7) is 0.0307. The van der Waals surface area contributed by atoms with Crippen molar-refractivity contribution in [1.82, 2.24) is 0 Å². The largest absolute Gasteiger partial charge is 0.494 e. The fraction of sp³-hybridized carbons (Fsp3) is 0.0968. The van der Waals surface area contributed by atoms with Gasteiger partial charge in [-0.3, -0.25) is 0 Å². The number of rotatable bonds is 7. The van der Waals surface area contributed by atoms with E-state index in [0.717, 1.165) is 0 Å². The molecule has 1 atom stereocenters. The Morgan fingerprint density at radius 3 is 2.49 bits per heavy atom. The number of carbonyl (C=O) groups excluding carboxylic acids is 1. The van der Waals surface area contributed by atoms with Crippen LogP contribution in [0, 0.1) is 17.1 Å². The van der Waals surface area contributed by atoms with Crippen LogP contribution in [0.1, 0.15) is 33.0 Å². The van der Waals surface area contributed by atoms with Gasteiger partial charge in [0.25, 0.3) is 0 Å². The van der Waals surface area contributed by atoms with Crippen LogP contribution in [0.4, 0.5) is 4.39 Å². The molecule has 0 fully saturated rings. The van der Waals surface area contributed by atoms with Crippen molar-refractivity contribution >= 4 is 29.2 Å². The number of nitriles is 1. The van der Waals surface area contributed by atoms with Crippen molar-refractivity contribution < 1.29 is 28.1 Å². The van der Waals surface area contributed by atoms with Crippen molar-refractivity contribution in [2.45, 2.75) is 12.5 Å². The Balaban J connectivity index is 1.42. The van der Waals surface area contributed by atoms with Crippen LogP contribution in [0.3, 0.4) is 0 Å². The van der Waals surface area contributed by atoms with Gasteiger partial charge in [-0.1, -0.05) is 59.6 Å². The summed E-state index contributed by atoms with van der Waals surface area (Å²) >= 11 is 12.3. The average Bonchev–Trinajstić information content (AvgIpc) is 2.96. The summed E-state index contributed by atoms with van der Waals surface area (Å²) in [5.74, 6) is -0.535. The molecule has 4 aromatic carbocycles. The lowest BCUT2D eigenvalue weighted by molar-refractivity contribution is 0.0734. The molecule has 1 aliphatic heterocycles. The van der Waals surface area contributed by atoms with Crippen molar-refractivity contribution in [3.63, 3.8) is 0 Å². The van der Waals surface area contributed by atoms with Gasteiger partial charge in [0.15, 0.2) is 5.75 Å². The van der Waals surface area contributed by atoms with E-state index in [1.165, 1.54) is 31.4 Å². The Bertz CT molecular complexity index is 1710. The van der Waals surface area contributed by atoms with Crippen LogP contribution in [-0.4, -0.2) is 13.1 Å². The van der Waals surface area contributed by atoms with Crippen LogP contribution in [-0.2, 0) is 6.61 Å². The number of halogens is 3. The van der Waals surface area contributed by atoms with Gasteiger partial charge in [-0.05, 0) is 42.0 Å². The first-order valence-corrected chi connectivity index (χ1v) is 13.0. The topological polar surface area (TPSA) is 104 Å². The number of carbonyl (C=O) groups is 1. The van der Waals surface area contributed by atoms with E-state index >= 15 is 0 Å². The fourth-order valence-electron chi connectivity index (χ4n) is 4.44. The number of methoxy groups -OCH3 is 1. The molecule has 0 spiro atoms. The molecule has 1 heterocycles. The van der Waals surface area contributed by atoms with E-state index in [9.17, 15) is 14.4 Å². The molecule has 0 aromatic heterocycles. The third-order valence-corrected chi connectivity index (χ3v) is 6.94. The predicted octanol–water partition coefficient (Wildman–Crippen LogP) is 7.16. The summed E-state index contributed by atoms with van der Waals surface area (Å²) in [6, 6.07) is 23.1. The number of hydrogen-bond donors (Lipinski definition) is 1. The third-order valence-electron chi connectivity index (χ3n) is 6.38. The molecule has 10 heteroatoms. The maximum atomic E-state index is 14.0. The molecular weight excluding hydrogens is 570 g/mol. The fourth-order valence-corrected chi connectivity index (χ4v) is 5.08. The normalized spacial score (nSPS) is 14.0. The third kappa shape index (κ3) is 5.78. The summed E-state index contributed by atoms with van der Waals surface area (Å²) in [4.78, 5) is 12.8. The number of ether oxygens (including phenoxy) is 4. The van der Waals surface area contributed by atoms with E-state index in [0.29, 0.717) is 28.2 Å². The molecule has 0 amide bonds. The average molecular weight is 591 g/mol. The van der Waals surface area contributed by atoms with Gasteiger partial charge < -0.3 is 24.7 Å². The molecule has 7 nitrogen and oxygen atoms in total. The predicted molar refractivity (Wildman–Crippen MR) is 151 cm³/mol. The van der Waals surface area contributed by atoms with Crippen molar-refractivity contribution in [2.75, 3.05) is 7.11 Å². The standard InChI is InChI=1S/C31H21Cl2FN2O5/c1-38-29-24(32)12-19(13-25(29)33)31(37)40-21-9-10-22-27(14-21)41-30(36)23(15-35)28(22)17-6-4-7-20(11-17)39-16-18-5-2-3-8-26(18)34/h2-14,28H,16,36H2,1H3. The molecule has 1 aliphatic rings. The second-order valence-electron chi connectivity index (χ2n) is 8.94. The van der Waals surface area contributed by atoms with Crippen LogP contribution in [0.25, 0.3) is 0 Å². The van der Waals surface area contributed by atoms with E-state index in [1.54, 1.807) is 48.5 Å². The highest BCUT2D eigenvalue weighted by molar-refractivity contribution is 6.37. The van der Waals surface area contributed by atoms with E-state index in [1.807, 2.05) is 6.07 Å². The van der Waals surface area contributed by atoms with Crippen LogP contribution in [0.15, 0.2) is 90.3 Å². The molecule has 206 valence electrons. The summed E-state index contributed by atoms with van der Waals surface area (Å²) in [5, 5.41) is 10.2. The van der Waals surface area contributed by atoms with Gasteiger partial charge in [-0.25, -0.2) is 9.18 Å². The molecule has 0 aliphatic carbocycles. The summed E-state index contributed by atoms with van der Waals surface area (Å²) in [7, 11) is 1.42. The summed E-state index contributed by atoms with van der Waals surface area (Å²) in [5.41, 5.74) is 8.20. The molecule has 2 N–H and O–H groups in total. The van der Waals surface area contributed by atoms with Gasteiger partial charge in [-0.15, -0.1) is 0 Å². The second kappa shape index (κ2) is 11.8. The Labute approximate surface area is 245 Å². The molecule has 41 heavy (non-hydrogen) atoms. The number of fused-ring (bicyclic) bond motifs is 1. The molecule has 0 bridgehead atoms. The minimum Gasteiger partial charge on any atom is -0.494 e. The van der Waals surface area contributed by atoms with E-state index in [4.69, 9.17) is 47.9 Å². The zero-order valence-corrected chi connectivity index (χ0v) is 23.0. The highest BCUT2D eigenvalue weighted by Crippen LogP contribution is 2.44. The van der Waals surface area contributed by atoms with E-state index in [2.05, 4.69) is 6.07 Å². The Kier molecular flexibility index (Phi) is 8.02. The lowest BCUT2D eigenvalue weighted by atomic mass is 9.83. The van der Waals surface area contributed by atoms with Gasteiger partial charge >= 0.3 is 5.97 Å². The first-order valence-electron chi connectivity index (χ1n) is 12.2. The van der Waals surface area contributed by atoms with Crippen LogP contribution in [0.5, 0.6) is 23.0 Å². The second-order valence-corrected chi connectivity index (χ2v) is 9.75. The molecule has 5 rings (SSSR count). The number of nitrogens with two attached hydrogens (primary N) is 1. The van der Waals surface area contributed by atoms with Gasteiger partial charge in [0.1, 0.15) is 41.3 Å². The molecular formula is C31H21Cl2FN2O5. The van der Waals surface area contributed by atoms with Gasteiger partial charge in [0.2, 0.25) is 5.88 Å². The van der Waals surface area contributed by atoms with Crippen molar-refractivity contribution in [3.05, 3.63) is 128 Å².